The number of benzene rings is 1. The van der Waals surface area contributed by atoms with Crippen LogP contribution >= 0.6 is 15.9 Å². The highest BCUT2D eigenvalue weighted by Crippen LogP contribution is 2.23. The molecule has 0 spiro atoms. The Balaban J connectivity index is 2.11. The first-order chi connectivity index (χ1) is 7.68. The van der Waals surface area contributed by atoms with E-state index in [1.165, 1.54) is 5.56 Å². The average molecular weight is 281 g/mol. The lowest BCUT2D eigenvalue weighted by Crippen LogP contribution is -2.07. The summed E-state index contributed by atoms with van der Waals surface area (Å²) in [4.78, 5) is 4.16. The van der Waals surface area contributed by atoms with E-state index in [0.717, 1.165) is 16.0 Å². The Hall–Kier alpha value is -1.36. The van der Waals surface area contributed by atoms with E-state index in [-0.39, 0.29) is 0 Å². The zero-order valence-electron chi connectivity index (χ0n) is 9.24. The van der Waals surface area contributed by atoms with E-state index in [2.05, 4.69) is 44.3 Å². The van der Waals surface area contributed by atoms with E-state index in [1.54, 1.807) is 11.0 Å². The highest BCUT2D eigenvalue weighted by molar-refractivity contribution is 9.10. The number of hydrogen-bond donors (Lipinski definition) is 1. The molecule has 2 aromatic rings. The highest BCUT2D eigenvalue weighted by Gasteiger charge is 2.03. The summed E-state index contributed by atoms with van der Waals surface area (Å²) in [7, 11) is 1.89. The van der Waals surface area contributed by atoms with Crippen molar-refractivity contribution < 1.29 is 0 Å². The lowest BCUT2D eigenvalue weighted by molar-refractivity contribution is 0.712. The molecule has 2 rings (SSSR count). The van der Waals surface area contributed by atoms with Gasteiger partial charge in [-0.25, -0.2) is 4.98 Å². The smallest absolute Gasteiger partial charge is 0.145 e. The molecule has 0 fully saturated rings. The molecule has 0 aliphatic carbocycles. The van der Waals surface area contributed by atoms with Gasteiger partial charge in [-0.2, -0.15) is 5.10 Å². The molecule has 5 heteroatoms. The van der Waals surface area contributed by atoms with Gasteiger partial charge in [0, 0.05) is 17.2 Å². The van der Waals surface area contributed by atoms with Crippen LogP contribution in [0.2, 0.25) is 0 Å². The number of rotatable bonds is 3. The standard InChI is InChI=1S/C11H13BrN4/c1-8-9(12)4-3-5-10(8)13-6-11-14-7-15-16(11)2/h3-5,7,13H,6H2,1-2H3. The van der Waals surface area contributed by atoms with Crippen molar-refractivity contribution in [3.8, 4) is 0 Å². The van der Waals surface area contributed by atoms with Gasteiger partial charge in [-0.15, -0.1) is 0 Å². The second kappa shape index (κ2) is 4.65. The second-order valence-electron chi connectivity index (χ2n) is 3.57. The van der Waals surface area contributed by atoms with Crippen molar-refractivity contribution in [1.82, 2.24) is 14.8 Å². The normalized spacial score (nSPS) is 10.4. The van der Waals surface area contributed by atoms with E-state index in [1.807, 2.05) is 19.2 Å². The summed E-state index contributed by atoms with van der Waals surface area (Å²) >= 11 is 3.51. The van der Waals surface area contributed by atoms with Gasteiger partial charge >= 0.3 is 0 Å². The maximum atomic E-state index is 4.16. The molecule has 16 heavy (non-hydrogen) atoms. The van der Waals surface area contributed by atoms with Gasteiger partial charge in [-0.05, 0) is 24.6 Å². The van der Waals surface area contributed by atoms with E-state index >= 15 is 0 Å². The second-order valence-corrected chi connectivity index (χ2v) is 4.42. The number of nitrogens with zero attached hydrogens (tertiary/aromatic N) is 3. The van der Waals surface area contributed by atoms with Gasteiger partial charge < -0.3 is 5.32 Å². The van der Waals surface area contributed by atoms with Crippen molar-refractivity contribution in [3.63, 3.8) is 0 Å². The van der Waals surface area contributed by atoms with Crippen LogP contribution in [0.4, 0.5) is 5.69 Å². The number of halogens is 1. The Morgan fingerprint density at radius 2 is 2.25 bits per heavy atom. The summed E-state index contributed by atoms with van der Waals surface area (Å²) in [6.07, 6.45) is 1.56. The maximum Gasteiger partial charge on any atom is 0.145 e. The monoisotopic (exact) mass is 280 g/mol. The van der Waals surface area contributed by atoms with Crippen LogP contribution in [0, 0.1) is 6.92 Å². The van der Waals surface area contributed by atoms with Gasteiger partial charge in [0.1, 0.15) is 12.2 Å². The zero-order chi connectivity index (χ0) is 11.5. The molecule has 0 amide bonds. The zero-order valence-corrected chi connectivity index (χ0v) is 10.8. The van der Waals surface area contributed by atoms with E-state index in [0.29, 0.717) is 6.54 Å². The van der Waals surface area contributed by atoms with Crippen molar-refractivity contribution in [2.75, 3.05) is 5.32 Å². The molecule has 84 valence electrons. The van der Waals surface area contributed by atoms with Crippen molar-refractivity contribution in [2.24, 2.45) is 7.05 Å². The van der Waals surface area contributed by atoms with Crippen molar-refractivity contribution in [1.29, 1.82) is 0 Å². The summed E-state index contributed by atoms with van der Waals surface area (Å²) in [5, 5.41) is 7.37. The topological polar surface area (TPSA) is 42.7 Å². The fraction of sp³-hybridized carbons (Fsp3) is 0.273. The lowest BCUT2D eigenvalue weighted by Gasteiger charge is -2.09. The van der Waals surface area contributed by atoms with Crippen LogP contribution in [0.25, 0.3) is 0 Å². The van der Waals surface area contributed by atoms with Crippen molar-refractivity contribution in [3.05, 3.63) is 40.4 Å². The minimum absolute atomic E-state index is 0.674. The quantitative estimate of drug-likeness (QED) is 0.940. The molecule has 0 aliphatic rings. The van der Waals surface area contributed by atoms with Gasteiger partial charge in [0.25, 0.3) is 0 Å². The molecular formula is C11H13BrN4. The molecule has 0 aliphatic heterocycles. The van der Waals surface area contributed by atoms with E-state index < -0.39 is 0 Å². The maximum absolute atomic E-state index is 4.16. The van der Waals surface area contributed by atoms with Crippen LogP contribution in [0.1, 0.15) is 11.4 Å². The fourth-order valence-electron chi connectivity index (χ4n) is 1.45. The van der Waals surface area contributed by atoms with Crippen LogP contribution in [0.15, 0.2) is 29.0 Å². The number of aromatic nitrogens is 3. The van der Waals surface area contributed by atoms with Gasteiger partial charge in [0.05, 0.1) is 6.54 Å². The summed E-state index contributed by atoms with van der Waals surface area (Å²) < 4.78 is 2.87. The summed E-state index contributed by atoms with van der Waals surface area (Å²) in [5.41, 5.74) is 2.31. The number of nitrogens with one attached hydrogen (secondary N) is 1. The van der Waals surface area contributed by atoms with Gasteiger partial charge in [-0.3, -0.25) is 4.68 Å². The van der Waals surface area contributed by atoms with Gasteiger partial charge in [0.15, 0.2) is 0 Å². The highest BCUT2D eigenvalue weighted by atomic mass is 79.9. The molecule has 0 atom stereocenters. The van der Waals surface area contributed by atoms with E-state index in [4.69, 9.17) is 0 Å². The molecule has 0 saturated carbocycles. The minimum atomic E-state index is 0.674. The molecule has 0 bridgehead atoms. The molecule has 1 aromatic heterocycles. The first-order valence-corrected chi connectivity index (χ1v) is 5.79. The molecule has 1 heterocycles. The summed E-state index contributed by atoms with van der Waals surface area (Å²) in [6.45, 7) is 2.75. The molecule has 4 nitrogen and oxygen atoms in total. The van der Waals surface area contributed by atoms with Gasteiger partial charge in [0.2, 0.25) is 0 Å². The SMILES string of the molecule is Cc1c(Br)cccc1NCc1ncnn1C. The Bertz CT molecular complexity index is 492. The molecule has 1 N–H and O–H groups in total. The van der Waals surface area contributed by atoms with Crippen LogP contribution < -0.4 is 5.32 Å². The summed E-state index contributed by atoms with van der Waals surface area (Å²) in [6, 6.07) is 6.09. The molecule has 0 saturated heterocycles. The molecular weight excluding hydrogens is 268 g/mol. The third-order valence-electron chi connectivity index (χ3n) is 2.51. The van der Waals surface area contributed by atoms with Crippen LogP contribution in [0.3, 0.4) is 0 Å². The predicted octanol–water partition coefficient (Wildman–Crippen LogP) is 2.50. The number of aryl methyl sites for hydroxylation is 1. The molecule has 0 radical (unpaired) electrons. The fourth-order valence-corrected chi connectivity index (χ4v) is 1.82. The molecule has 0 unspecified atom stereocenters. The third kappa shape index (κ3) is 2.24. The van der Waals surface area contributed by atoms with E-state index in [9.17, 15) is 0 Å². The Kier molecular flexibility index (Phi) is 3.24. The predicted molar refractivity (Wildman–Crippen MR) is 67.2 cm³/mol. The van der Waals surface area contributed by atoms with Crippen LogP contribution in [-0.4, -0.2) is 14.8 Å². The Labute approximate surface area is 103 Å². The first-order valence-electron chi connectivity index (χ1n) is 5.00. The van der Waals surface area contributed by atoms with Crippen LogP contribution in [0.5, 0.6) is 0 Å². The summed E-state index contributed by atoms with van der Waals surface area (Å²) in [5.74, 6) is 0.916. The van der Waals surface area contributed by atoms with Crippen molar-refractivity contribution in [2.45, 2.75) is 13.5 Å². The number of anilines is 1. The van der Waals surface area contributed by atoms with Gasteiger partial charge in [-0.1, -0.05) is 22.0 Å². The average Bonchev–Trinajstić information content (AvgIpc) is 2.67. The largest absolute Gasteiger partial charge is 0.378 e. The first kappa shape index (κ1) is 11.1. The Morgan fingerprint density at radius 1 is 1.44 bits per heavy atom. The van der Waals surface area contributed by atoms with Crippen LogP contribution in [-0.2, 0) is 13.6 Å². The minimum Gasteiger partial charge on any atom is -0.378 e. The lowest BCUT2D eigenvalue weighted by atomic mass is 10.2. The van der Waals surface area contributed by atoms with Crippen molar-refractivity contribution >= 4 is 21.6 Å². The Morgan fingerprint density at radius 3 is 2.94 bits per heavy atom. The number of hydrogen-bond acceptors (Lipinski definition) is 3. The third-order valence-corrected chi connectivity index (χ3v) is 3.37. The molecule has 1 aromatic carbocycles.